The minimum Gasteiger partial charge on any atom is -0.360 e. The lowest BCUT2D eigenvalue weighted by Gasteiger charge is -2.17. The van der Waals surface area contributed by atoms with Gasteiger partial charge in [0.05, 0.1) is 17.6 Å². The van der Waals surface area contributed by atoms with E-state index in [-0.39, 0.29) is 24.9 Å². The Bertz CT molecular complexity index is 943. The van der Waals surface area contributed by atoms with E-state index in [9.17, 15) is 9.59 Å². The van der Waals surface area contributed by atoms with E-state index < -0.39 is 0 Å². The number of fused-ring (bicyclic) bond motifs is 1. The summed E-state index contributed by atoms with van der Waals surface area (Å²) in [6.45, 7) is 3.80. The Morgan fingerprint density at radius 3 is 2.77 bits per heavy atom. The average Bonchev–Trinajstić information content (AvgIpc) is 3.18. The highest BCUT2D eigenvalue weighted by atomic mass is 16.5. The first kappa shape index (κ1) is 17.7. The standard InChI is InChI=1S/C18H21N5O3/c1-4-16-19-13-7-5-6-8-14(13)23(16)11-18(25)22(3)10-17(24)20-15-9-12(2)26-21-15/h5-9H,4,10-11H2,1-3H3,(H,20,21,24). The number of nitrogens with zero attached hydrogens (tertiary/aromatic N) is 4. The van der Waals surface area contributed by atoms with Gasteiger partial charge in [-0.2, -0.15) is 0 Å². The molecule has 0 radical (unpaired) electrons. The van der Waals surface area contributed by atoms with Crippen molar-refractivity contribution in [1.29, 1.82) is 0 Å². The Balaban J connectivity index is 1.67. The summed E-state index contributed by atoms with van der Waals surface area (Å²) in [5, 5.41) is 6.31. The van der Waals surface area contributed by atoms with Gasteiger partial charge in [-0.25, -0.2) is 4.98 Å². The van der Waals surface area contributed by atoms with Crippen LogP contribution in [0.3, 0.4) is 0 Å². The molecule has 0 fully saturated rings. The molecule has 0 bridgehead atoms. The second-order valence-electron chi connectivity index (χ2n) is 6.08. The molecular formula is C18H21N5O3. The number of para-hydroxylation sites is 2. The molecule has 0 saturated carbocycles. The van der Waals surface area contributed by atoms with Gasteiger partial charge in [0.2, 0.25) is 11.8 Å². The largest absolute Gasteiger partial charge is 0.360 e. The molecule has 3 rings (SSSR count). The maximum Gasteiger partial charge on any atom is 0.245 e. The molecule has 8 nitrogen and oxygen atoms in total. The zero-order valence-corrected chi connectivity index (χ0v) is 15.0. The fourth-order valence-corrected chi connectivity index (χ4v) is 2.74. The van der Waals surface area contributed by atoms with Crippen molar-refractivity contribution in [2.75, 3.05) is 18.9 Å². The van der Waals surface area contributed by atoms with Crippen molar-refractivity contribution in [3.05, 3.63) is 41.9 Å². The Morgan fingerprint density at radius 1 is 1.31 bits per heavy atom. The van der Waals surface area contributed by atoms with Gasteiger partial charge >= 0.3 is 0 Å². The minimum atomic E-state index is -0.333. The van der Waals surface area contributed by atoms with Gasteiger partial charge < -0.3 is 19.3 Å². The van der Waals surface area contributed by atoms with Crippen molar-refractivity contribution < 1.29 is 14.1 Å². The fraction of sp³-hybridized carbons (Fsp3) is 0.333. The number of amides is 2. The van der Waals surface area contributed by atoms with E-state index in [1.165, 1.54) is 4.90 Å². The molecule has 2 amide bonds. The van der Waals surface area contributed by atoms with Gasteiger partial charge in [0.1, 0.15) is 18.1 Å². The first-order valence-electron chi connectivity index (χ1n) is 8.39. The number of likely N-dealkylation sites (N-methyl/N-ethyl adjacent to an activating group) is 1. The normalized spacial score (nSPS) is 10.9. The minimum absolute atomic E-state index is 0.0706. The molecule has 8 heteroatoms. The first-order valence-corrected chi connectivity index (χ1v) is 8.39. The van der Waals surface area contributed by atoms with Gasteiger partial charge in [0, 0.05) is 19.5 Å². The predicted molar refractivity (Wildman–Crippen MR) is 96.6 cm³/mol. The molecule has 1 N–H and O–H groups in total. The van der Waals surface area contributed by atoms with Gasteiger partial charge in [0.15, 0.2) is 5.82 Å². The number of imidazole rings is 1. The molecule has 136 valence electrons. The lowest BCUT2D eigenvalue weighted by molar-refractivity contribution is -0.133. The Kier molecular flexibility index (Phi) is 5.01. The van der Waals surface area contributed by atoms with Crippen molar-refractivity contribution in [3.8, 4) is 0 Å². The number of aryl methyl sites for hydroxylation is 2. The van der Waals surface area contributed by atoms with E-state index in [0.29, 0.717) is 11.6 Å². The van der Waals surface area contributed by atoms with E-state index in [0.717, 1.165) is 23.3 Å². The summed E-state index contributed by atoms with van der Waals surface area (Å²) in [7, 11) is 1.60. The van der Waals surface area contributed by atoms with Crippen molar-refractivity contribution >= 4 is 28.7 Å². The molecule has 0 aliphatic rings. The monoisotopic (exact) mass is 355 g/mol. The maximum absolute atomic E-state index is 12.6. The van der Waals surface area contributed by atoms with Gasteiger partial charge in [0.25, 0.3) is 0 Å². The van der Waals surface area contributed by atoms with Gasteiger partial charge in [-0.05, 0) is 19.1 Å². The summed E-state index contributed by atoms with van der Waals surface area (Å²) >= 11 is 0. The van der Waals surface area contributed by atoms with Crippen LogP contribution in [0.4, 0.5) is 5.82 Å². The van der Waals surface area contributed by atoms with E-state index in [4.69, 9.17) is 4.52 Å². The van der Waals surface area contributed by atoms with Gasteiger partial charge in [-0.1, -0.05) is 24.2 Å². The molecule has 0 unspecified atom stereocenters. The Hall–Kier alpha value is -3.16. The number of hydrogen-bond donors (Lipinski definition) is 1. The van der Waals surface area contributed by atoms with Crippen LogP contribution < -0.4 is 5.32 Å². The molecule has 1 aromatic carbocycles. The van der Waals surface area contributed by atoms with Crippen LogP contribution >= 0.6 is 0 Å². The predicted octanol–water partition coefficient (Wildman–Crippen LogP) is 1.99. The quantitative estimate of drug-likeness (QED) is 0.730. The van der Waals surface area contributed by atoms with Crippen LogP contribution in [-0.4, -0.2) is 45.0 Å². The smallest absolute Gasteiger partial charge is 0.245 e. The molecule has 2 heterocycles. The van der Waals surface area contributed by atoms with Crippen molar-refractivity contribution in [2.45, 2.75) is 26.8 Å². The van der Waals surface area contributed by atoms with E-state index in [2.05, 4.69) is 15.5 Å². The average molecular weight is 355 g/mol. The summed E-state index contributed by atoms with van der Waals surface area (Å²) in [6.07, 6.45) is 0.720. The zero-order valence-electron chi connectivity index (χ0n) is 15.0. The van der Waals surface area contributed by atoms with E-state index in [1.807, 2.05) is 35.8 Å². The third-order valence-electron chi connectivity index (χ3n) is 4.05. The Labute approximate surface area is 150 Å². The number of aromatic nitrogens is 3. The lowest BCUT2D eigenvalue weighted by Crippen LogP contribution is -2.37. The first-order chi connectivity index (χ1) is 12.5. The number of hydrogen-bond acceptors (Lipinski definition) is 5. The number of benzene rings is 1. The summed E-state index contributed by atoms with van der Waals surface area (Å²) < 4.78 is 6.79. The molecule has 0 spiro atoms. The number of nitrogens with one attached hydrogen (secondary N) is 1. The molecule has 0 saturated heterocycles. The number of anilines is 1. The summed E-state index contributed by atoms with van der Waals surface area (Å²) in [6, 6.07) is 9.32. The highest BCUT2D eigenvalue weighted by molar-refractivity contribution is 5.93. The molecule has 26 heavy (non-hydrogen) atoms. The highest BCUT2D eigenvalue weighted by Crippen LogP contribution is 2.16. The SMILES string of the molecule is CCc1nc2ccccc2n1CC(=O)N(C)CC(=O)Nc1cc(C)on1. The maximum atomic E-state index is 12.6. The fourth-order valence-electron chi connectivity index (χ4n) is 2.74. The molecular weight excluding hydrogens is 334 g/mol. The van der Waals surface area contributed by atoms with Crippen LogP contribution in [0.5, 0.6) is 0 Å². The third-order valence-corrected chi connectivity index (χ3v) is 4.05. The molecule has 2 aromatic heterocycles. The third kappa shape index (κ3) is 3.74. The van der Waals surface area contributed by atoms with Crippen molar-refractivity contribution in [3.63, 3.8) is 0 Å². The van der Waals surface area contributed by atoms with Crippen molar-refractivity contribution in [2.24, 2.45) is 0 Å². The Morgan fingerprint density at radius 2 is 2.08 bits per heavy atom. The lowest BCUT2D eigenvalue weighted by atomic mass is 10.3. The second kappa shape index (κ2) is 7.38. The summed E-state index contributed by atoms with van der Waals surface area (Å²) in [5.41, 5.74) is 1.77. The van der Waals surface area contributed by atoms with E-state index in [1.54, 1.807) is 20.0 Å². The van der Waals surface area contributed by atoms with Crippen LogP contribution in [0.1, 0.15) is 18.5 Å². The zero-order chi connectivity index (χ0) is 18.7. The summed E-state index contributed by atoms with van der Waals surface area (Å²) in [5.74, 6) is 1.27. The molecule has 0 aliphatic heterocycles. The van der Waals surface area contributed by atoms with Crippen LogP contribution in [0.25, 0.3) is 11.0 Å². The highest BCUT2D eigenvalue weighted by Gasteiger charge is 2.17. The van der Waals surface area contributed by atoms with Gasteiger partial charge in [-0.3, -0.25) is 9.59 Å². The number of rotatable bonds is 6. The van der Waals surface area contributed by atoms with Crippen LogP contribution in [0.15, 0.2) is 34.9 Å². The van der Waals surface area contributed by atoms with Crippen LogP contribution in [0, 0.1) is 6.92 Å². The van der Waals surface area contributed by atoms with Crippen LogP contribution in [-0.2, 0) is 22.6 Å². The van der Waals surface area contributed by atoms with Crippen molar-refractivity contribution in [1.82, 2.24) is 19.6 Å². The second-order valence-corrected chi connectivity index (χ2v) is 6.08. The number of carbonyl (C=O) groups excluding carboxylic acids is 2. The van der Waals surface area contributed by atoms with E-state index >= 15 is 0 Å². The molecule has 3 aromatic rings. The summed E-state index contributed by atoms with van der Waals surface area (Å²) in [4.78, 5) is 30.6. The molecule has 0 atom stereocenters. The topological polar surface area (TPSA) is 93.3 Å². The molecule has 0 aliphatic carbocycles. The number of carbonyl (C=O) groups is 2. The van der Waals surface area contributed by atoms with Crippen LogP contribution in [0.2, 0.25) is 0 Å². The van der Waals surface area contributed by atoms with Gasteiger partial charge in [-0.15, -0.1) is 0 Å².